The zero-order valence-corrected chi connectivity index (χ0v) is 16.4. The highest BCUT2D eigenvalue weighted by Crippen LogP contribution is 2.34. The molecule has 0 saturated carbocycles. The molecule has 0 unspecified atom stereocenters. The van der Waals surface area contributed by atoms with Gasteiger partial charge in [-0.25, -0.2) is 4.68 Å². The Morgan fingerprint density at radius 2 is 1.93 bits per heavy atom. The molecule has 3 heterocycles. The maximum absolute atomic E-state index is 6.20. The number of aromatic nitrogens is 5. The van der Waals surface area contributed by atoms with Gasteiger partial charge >= 0.3 is 0 Å². The van der Waals surface area contributed by atoms with Gasteiger partial charge < -0.3 is 21.2 Å². The van der Waals surface area contributed by atoms with Gasteiger partial charge in [-0.1, -0.05) is 20.8 Å². The summed E-state index contributed by atoms with van der Waals surface area (Å²) < 4.78 is 7.53. The summed E-state index contributed by atoms with van der Waals surface area (Å²) in [7, 11) is 0. The molecule has 9 heteroatoms. The molecule has 3 aromatic heterocycles. The third-order valence-electron chi connectivity index (χ3n) is 4.25. The van der Waals surface area contributed by atoms with Gasteiger partial charge in [0.1, 0.15) is 17.0 Å². The minimum atomic E-state index is 0.00147. The molecule has 0 aliphatic heterocycles. The second-order valence-corrected chi connectivity index (χ2v) is 7.96. The van der Waals surface area contributed by atoms with Crippen molar-refractivity contribution in [2.45, 2.75) is 34.2 Å². The summed E-state index contributed by atoms with van der Waals surface area (Å²) in [6, 6.07) is 6.23. The fourth-order valence-corrected chi connectivity index (χ4v) is 3.18. The van der Waals surface area contributed by atoms with Gasteiger partial charge in [0.15, 0.2) is 11.2 Å². The van der Waals surface area contributed by atoms with Crippen molar-refractivity contribution < 1.29 is 4.42 Å². The van der Waals surface area contributed by atoms with Crippen molar-refractivity contribution in [1.82, 2.24) is 24.7 Å². The highest BCUT2D eigenvalue weighted by atomic mass is 16.4. The van der Waals surface area contributed by atoms with E-state index in [1.54, 1.807) is 0 Å². The van der Waals surface area contributed by atoms with E-state index in [1.807, 2.05) is 29.8 Å². The molecule has 0 radical (unpaired) electrons. The predicted octanol–water partition coefficient (Wildman–Crippen LogP) is 3.28. The lowest BCUT2D eigenvalue weighted by molar-refractivity contribution is 0.331. The first-order valence-electron chi connectivity index (χ1n) is 9.19. The standard InChI is InChI=1S/C19H24N8O/c1-5-22-18-23-11-8-10(6-7-12(11)28-18)14-13-15(20)24-17(21)25-16(13)27(26-14)9-19(2,3)4/h6-8H,5,9H2,1-4H3,(H,22,23)(H4,20,21,24,25). The summed E-state index contributed by atoms with van der Waals surface area (Å²) in [5, 5.41) is 8.57. The van der Waals surface area contributed by atoms with E-state index in [0.29, 0.717) is 40.7 Å². The van der Waals surface area contributed by atoms with Crippen LogP contribution in [0.15, 0.2) is 22.6 Å². The summed E-state index contributed by atoms with van der Waals surface area (Å²) in [6.45, 7) is 9.79. The van der Waals surface area contributed by atoms with E-state index in [9.17, 15) is 0 Å². The fraction of sp³-hybridized carbons (Fsp3) is 0.368. The van der Waals surface area contributed by atoms with E-state index >= 15 is 0 Å². The zero-order chi connectivity index (χ0) is 20.1. The van der Waals surface area contributed by atoms with Crippen molar-refractivity contribution in [3.05, 3.63) is 18.2 Å². The van der Waals surface area contributed by atoms with E-state index in [1.165, 1.54) is 0 Å². The van der Waals surface area contributed by atoms with Crippen molar-refractivity contribution in [1.29, 1.82) is 0 Å². The molecule has 9 nitrogen and oxygen atoms in total. The molecule has 5 N–H and O–H groups in total. The van der Waals surface area contributed by atoms with Crippen LogP contribution in [0, 0.1) is 5.41 Å². The van der Waals surface area contributed by atoms with Crippen LogP contribution in [0.25, 0.3) is 33.4 Å². The second kappa shape index (κ2) is 6.36. The van der Waals surface area contributed by atoms with Crippen LogP contribution in [0.3, 0.4) is 0 Å². The third-order valence-corrected chi connectivity index (χ3v) is 4.25. The van der Waals surface area contributed by atoms with Gasteiger partial charge in [0.2, 0.25) is 5.95 Å². The zero-order valence-electron chi connectivity index (χ0n) is 16.4. The Hall–Kier alpha value is -3.36. The van der Waals surface area contributed by atoms with E-state index < -0.39 is 0 Å². The highest BCUT2D eigenvalue weighted by Gasteiger charge is 2.22. The van der Waals surface area contributed by atoms with Crippen molar-refractivity contribution in [3.8, 4) is 11.3 Å². The number of hydrogen-bond donors (Lipinski definition) is 3. The molecule has 0 aliphatic rings. The Balaban J connectivity index is 1.91. The molecular formula is C19H24N8O. The third kappa shape index (κ3) is 3.19. The van der Waals surface area contributed by atoms with Crippen molar-refractivity contribution in [2.75, 3.05) is 23.3 Å². The molecule has 0 spiro atoms. The Morgan fingerprint density at radius 3 is 2.64 bits per heavy atom. The number of rotatable bonds is 4. The molecule has 0 saturated heterocycles. The van der Waals surface area contributed by atoms with Crippen LogP contribution in [-0.4, -0.2) is 31.3 Å². The van der Waals surface area contributed by atoms with Gasteiger partial charge in [-0.2, -0.15) is 20.1 Å². The molecule has 4 rings (SSSR count). The SMILES string of the molecule is CCNc1nc2cc(-c3nn(CC(C)(C)C)c4nc(N)nc(N)c34)ccc2o1. The van der Waals surface area contributed by atoms with Crippen LogP contribution in [0.1, 0.15) is 27.7 Å². The highest BCUT2D eigenvalue weighted by molar-refractivity contribution is 6.00. The predicted molar refractivity (Wildman–Crippen MR) is 111 cm³/mol. The van der Waals surface area contributed by atoms with Crippen LogP contribution in [0.5, 0.6) is 0 Å². The van der Waals surface area contributed by atoms with Crippen LogP contribution in [0.2, 0.25) is 0 Å². The van der Waals surface area contributed by atoms with E-state index in [0.717, 1.165) is 17.6 Å². The molecular weight excluding hydrogens is 356 g/mol. The second-order valence-electron chi connectivity index (χ2n) is 7.96. The maximum Gasteiger partial charge on any atom is 0.295 e. The summed E-state index contributed by atoms with van der Waals surface area (Å²) in [4.78, 5) is 13.0. The molecule has 0 amide bonds. The number of oxazole rings is 1. The van der Waals surface area contributed by atoms with Gasteiger partial charge in [0, 0.05) is 18.7 Å². The molecule has 1 aromatic carbocycles. The number of nitrogens with zero attached hydrogens (tertiary/aromatic N) is 5. The lowest BCUT2D eigenvalue weighted by Gasteiger charge is -2.18. The first-order valence-corrected chi connectivity index (χ1v) is 9.19. The summed E-state index contributed by atoms with van der Waals surface area (Å²) in [5.74, 6) is 0.445. The van der Waals surface area contributed by atoms with Crippen LogP contribution < -0.4 is 16.8 Å². The minimum absolute atomic E-state index is 0.00147. The van der Waals surface area contributed by atoms with E-state index in [2.05, 4.69) is 41.0 Å². The van der Waals surface area contributed by atoms with Gasteiger partial charge in [-0.3, -0.25) is 0 Å². The molecule has 146 valence electrons. The normalized spacial score (nSPS) is 12.1. The Labute approximate surface area is 162 Å². The number of nitrogen functional groups attached to an aromatic ring is 2. The maximum atomic E-state index is 6.20. The molecule has 0 atom stereocenters. The van der Waals surface area contributed by atoms with Gasteiger partial charge in [-0.05, 0) is 30.5 Å². The van der Waals surface area contributed by atoms with Crippen molar-refractivity contribution in [2.24, 2.45) is 5.41 Å². The number of benzene rings is 1. The molecule has 28 heavy (non-hydrogen) atoms. The first kappa shape index (κ1) is 18.0. The monoisotopic (exact) mass is 380 g/mol. The lowest BCUT2D eigenvalue weighted by Crippen LogP contribution is -2.17. The van der Waals surface area contributed by atoms with Crippen LogP contribution in [0.4, 0.5) is 17.8 Å². The van der Waals surface area contributed by atoms with Gasteiger partial charge in [-0.15, -0.1) is 0 Å². The van der Waals surface area contributed by atoms with Crippen LogP contribution in [-0.2, 0) is 6.54 Å². The summed E-state index contributed by atoms with van der Waals surface area (Å²) in [5.41, 5.74) is 15.7. The van der Waals surface area contributed by atoms with Gasteiger partial charge in [0.05, 0.1) is 5.39 Å². The molecule has 0 bridgehead atoms. The Morgan fingerprint density at radius 1 is 1.14 bits per heavy atom. The van der Waals surface area contributed by atoms with E-state index in [-0.39, 0.29) is 11.4 Å². The fourth-order valence-electron chi connectivity index (χ4n) is 3.18. The van der Waals surface area contributed by atoms with Gasteiger partial charge in [0.25, 0.3) is 6.01 Å². The first-order chi connectivity index (χ1) is 13.2. The lowest BCUT2D eigenvalue weighted by atomic mass is 9.97. The van der Waals surface area contributed by atoms with Crippen LogP contribution >= 0.6 is 0 Å². The average molecular weight is 380 g/mol. The topological polar surface area (TPSA) is 134 Å². The smallest absolute Gasteiger partial charge is 0.295 e. The van der Waals surface area contributed by atoms with Crippen molar-refractivity contribution >= 4 is 39.9 Å². The number of nitrogens with one attached hydrogen (secondary N) is 1. The minimum Gasteiger partial charge on any atom is -0.424 e. The largest absolute Gasteiger partial charge is 0.424 e. The number of hydrogen-bond acceptors (Lipinski definition) is 8. The number of fused-ring (bicyclic) bond motifs is 2. The molecule has 0 fully saturated rings. The van der Waals surface area contributed by atoms with Crippen molar-refractivity contribution in [3.63, 3.8) is 0 Å². The Kier molecular flexibility index (Phi) is 4.10. The average Bonchev–Trinajstić information content (AvgIpc) is 3.14. The number of anilines is 3. The molecule has 4 aromatic rings. The summed E-state index contributed by atoms with van der Waals surface area (Å²) in [6.07, 6.45) is 0. The quantitative estimate of drug-likeness (QED) is 0.491. The summed E-state index contributed by atoms with van der Waals surface area (Å²) >= 11 is 0. The Bertz CT molecular complexity index is 1170. The molecule has 0 aliphatic carbocycles. The van der Waals surface area contributed by atoms with E-state index in [4.69, 9.17) is 21.0 Å². The number of nitrogens with two attached hydrogens (primary N) is 2.